The van der Waals surface area contributed by atoms with Gasteiger partial charge in [0.15, 0.2) is 5.78 Å². The fourth-order valence-corrected chi connectivity index (χ4v) is 1.56. The van der Waals surface area contributed by atoms with Crippen LogP contribution in [0.4, 0.5) is 14.5 Å². The zero-order valence-electron chi connectivity index (χ0n) is 8.04. The Morgan fingerprint density at radius 2 is 2.06 bits per heavy atom. The number of alkyl halides is 2. The van der Waals surface area contributed by atoms with Crippen molar-refractivity contribution in [2.45, 2.75) is 13.3 Å². The third-order valence-corrected chi connectivity index (χ3v) is 2.35. The molecular weight excluding hydrogens is 244 g/mol. The van der Waals surface area contributed by atoms with Crippen molar-refractivity contribution in [3.63, 3.8) is 0 Å². The molecule has 0 aliphatic carbocycles. The molecule has 0 unspecified atom stereocenters. The minimum absolute atomic E-state index is 0.300. The number of hydrogen-bond donors (Lipinski definition) is 0. The van der Waals surface area contributed by atoms with Crippen LogP contribution in [0.2, 0.25) is 5.02 Å². The van der Waals surface area contributed by atoms with Gasteiger partial charge in [0, 0.05) is 11.6 Å². The molecule has 0 radical (unpaired) electrons. The molecule has 0 spiro atoms. The number of nitro benzene ring substituents is 1. The van der Waals surface area contributed by atoms with Crippen LogP contribution in [0.3, 0.4) is 0 Å². The fraction of sp³-hybridized carbons (Fsp3) is 0.222. The summed E-state index contributed by atoms with van der Waals surface area (Å²) in [5.74, 6) is -0.618. The van der Waals surface area contributed by atoms with E-state index in [9.17, 15) is 23.7 Å². The minimum Gasteiger partial charge on any atom is -0.294 e. The molecule has 0 heterocycles. The van der Waals surface area contributed by atoms with Crippen molar-refractivity contribution in [2.75, 3.05) is 0 Å². The third-order valence-electron chi connectivity index (χ3n) is 1.95. The summed E-state index contributed by atoms with van der Waals surface area (Å²) in [5.41, 5.74) is -1.73. The molecule has 1 aromatic rings. The van der Waals surface area contributed by atoms with Crippen LogP contribution in [0, 0.1) is 10.1 Å². The van der Waals surface area contributed by atoms with Gasteiger partial charge in [-0.05, 0) is 13.0 Å². The molecule has 4 nitrogen and oxygen atoms in total. The van der Waals surface area contributed by atoms with E-state index in [-0.39, 0.29) is 5.56 Å². The number of carbonyl (C=O) groups excluding carboxylic acids is 1. The lowest BCUT2D eigenvalue weighted by Gasteiger charge is -2.08. The van der Waals surface area contributed by atoms with Crippen molar-refractivity contribution in [1.29, 1.82) is 0 Å². The molecule has 0 saturated heterocycles. The highest BCUT2D eigenvalue weighted by Crippen LogP contribution is 2.36. The van der Waals surface area contributed by atoms with E-state index in [1.165, 1.54) is 0 Å². The predicted octanol–water partition coefficient (Wildman–Crippen LogP) is 3.39. The molecule has 0 N–H and O–H groups in total. The third kappa shape index (κ3) is 2.16. The molecule has 0 aromatic heterocycles. The lowest BCUT2D eigenvalue weighted by Crippen LogP contribution is -2.03. The molecule has 7 heteroatoms. The fourth-order valence-electron chi connectivity index (χ4n) is 1.24. The molecule has 16 heavy (non-hydrogen) atoms. The monoisotopic (exact) mass is 249 g/mol. The quantitative estimate of drug-likeness (QED) is 0.469. The standard InChI is InChI=1S/C9H6ClF2NO3/c1-4(14)5-2-3-6(13(15)16)8(10)7(5)9(11)12/h2-3,9H,1H3. The van der Waals surface area contributed by atoms with E-state index < -0.39 is 33.4 Å². The van der Waals surface area contributed by atoms with Crippen LogP contribution in [0.1, 0.15) is 29.3 Å². The first-order chi connectivity index (χ1) is 7.36. The predicted molar refractivity (Wildman–Crippen MR) is 53.1 cm³/mol. The second-order valence-corrected chi connectivity index (χ2v) is 3.35. The first-order valence-corrected chi connectivity index (χ1v) is 4.50. The van der Waals surface area contributed by atoms with Gasteiger partial charge >= 0.3 is 0 Å². The minimum atomic E-state index is -3.04. The number of nitrogens with zero attached hydrogens (tertiary/aromatic N) is 1. The van der Waals surface area contributed by atoms with Crippen LogP contribution in [0.15, 0.2) is 12.1 Å². The number of nitro groups is 1. The molecular formula is C9H6ClF2NO3. The maximum absolute atomic E-state index is 12.6. The Morgan fingerprint density at radius 3 is 2.44 bits per heavy atom. The molecule has 0 aliphatic rings. The summed E-state index contributed by atoms with van der Waals surface area (Å²) in [4.78, 5) is 20.6. The van der Waals surface area contributed by atoms with E-state index in [0.29, 0.717) is 0 Å². The van der Waals surface area contributed by atoms with Crippen LogP contribution < -0.4 is 0 Å². The first-order valence-electron chi connectivity index (χ1n) is 4.12. The van der Waals surface area contributed by atoms with Gasteiger partial charge < -0.3 is 0 Å². The van der Waals surface area contributed by atoms with Gasteiger partial charge in [0.25, 0.3) is 12.1 Å². The van der Waals surface area contributed by atoms with Crippen molar-refractivity contribution in [1.82, 2.24) is 0 Å². The Labute approximate surface area is 94.0 Å². The topological polar surface area (TPSA) is 60.2 Å². The summed E-state index contributed by atoms with van der Waals surface area (Å²) in [6.07, 6.45) is -3.04. The van der Waals surface area contributed by atoms with Crippen molar-refractivity contribution in [3.05, 3.63) is 38.4 Å². The zero-order chi connectivity index (χ0) is 12.5. The van der Waals surface area contributed by atoms with Gasteiger partial charge in [0.1, 0.15) is 5.02 Å². The summed E-state index contributed by atoms with van der Waals surface area (Å²) in [5, 5.41) is 9.78. The van der Waals surface area contributed by atoms with Crippen molar-refractivity contribution in [3.8, 4) is 0 Å². The Hall–Kier alpha value is -1.56. The van der Waals surface area contributed by atoms with Crippen molar-refractivity contribution in [2.24, 2.45) is 0 Å². The average molecular weight is 250 g/mol. The SMILES string of the molecule is CC(=O)c1ccc([N+](=O)[O-])c(Cl)c1C(F)F. The van der Waals surface area contributed by atoms with Crippen LogP contribution >= 0.6 is 11.6 Å². The van der Waals surface area contributed by atoms with E-state index >= 15 is 0 Å². The Morgan fingerprint density at radius 1 is 1.50 bits per heavy atom. The van der Waals surface area contributed by atoms with Crippen LogP contribution in [-0.2, 0) is 0 Å². The highest BCUT2D eigenvalue weighted by atomic mass is 35.5. The Kier molecular flexibility index (Phi) is 3.54. The van der Waals surface area contributed by atoms with Gasteiger partial charge in [-0.15, -0.1) is 0 Å². The summed E-state index contributed by atoms with van der Waals surface area (Å²) >= 11 is 5.47. The number of ketones is 1. The molecule has 0 saturated carbocycles. The number of benzene rings is 1. The largest absolute Gasteiger partial charge is 0.294 e. The van der Waals surface area contributed by atoms with Gasteiger partial charge in [0.05, 0.1) is 10.5 Å². The second kappa shape index (κ2) is 4.52. The van der Waals surface area contributed by atoms with Gasteiger partial charge in [-0.1, -0.05) is 11.6 Å². The normalized spacial score (nSPS) is 10.6. The number of Topliss-reactive ketones (excluding diaryl/α,β-unsaturated/α-hetero) is 1. The van der Waals surface area contributed by atoms with Gasteiger partial charge in [0.2, 0.25) is 0 Å². The highest BCUT2D eigenvalue weighted by molar-refractivity contribution is 6.34. The van der Waals surface area contributed by atoms with Gasteiger partial charge in [-0.2, -0.15) is 0 Å². The first kappa shape index (κ1) is 12.5. The Bertz CT molecular complexity index is 462. The summed E-state index contributed by atoms with van der Waals surface area (Å²) in [7, 11) is 0. The molecule has 0 amide bonds. The summed E-state index contributed by atoms with van der Waals surface area (Å²) < 4.78 is 25.3. The van der Waals surface area contributed by atoms with Gasteiger partial charge in [-0.3, -0.25) is 14.9 Å². The zero-order valence-corrected chi connectivity index (χ0v) is 8.79. The lowest BCUT2D eigenvalue weighted by molar-refractivity contribution is -0.384. The summed E-state index contributed by atoms with van der Waals surface area (Å²) in [6.45, 7) is 1.09. The van der Waals surface area contributed by atoms with Gasteiger partial charge in [-0.25, -0.2) is 8.78 Å². The number of rotatable bonds is 3. The summed E-state index contributed by atoms with van der Waals surface area (Å²) in [6, 6.07) is 1.92. The van der Waals surface area contributed by atoms with E-state index in [1.54, 1.807) is 0 Å². The van der Waals surface area contributed by atoms with Crippen LogP contribution in [0.5, 0.6) is 0 Å². The van der Waals surface area contributed by atoms with E-state index in [4.69, 9.17) is 11.6 Å². The highest BCUT2D eigenvalue weighted by Gasteiger charge is 2.26. The smallest absolute Gasteiger partial charge is 0.288 e. The van der Waals surface area contributed by atoms with Crippen molar-refractivity contribution >= 4 is 23.1 Å². The number of hydrogen-bond acceptors (Lipinski definition) is 3. The molecule has 1 aromatic carbocycles. The van der Waals surface area contributed by atoms with Crippen molar-refractivity contribution < 1.29 is 18.5 Å². The van der Waals surface area contributed by atoms with E-state index in [2.05, 4.69) is 0 Å². The number of halogens is 3. The maximum atomic E-state index is 12.6. The van der Waals surface area contributed by atoms with Crippen LogP contribution in [-0.4, -0.2) is 10.7 Å². The number of carbonyl (C=O) groups is 1. The molecule has 0 aliphatic heterocycles. The second-order valence-electron chi connectivity index (χ2n) is 2.97. The molecule has 0 bridgehead atoms. The van der Waals surface area contributed by atoms with Crippen LogP contribution in [0.25, 0.3) is 0 Å². The van der Waals surface area contributed by atoms with E-state index in [1.807, 2.05) is 0 Å². The Balaban J connectivity index is 3.54. The maximum Gasteiger partial charge on any atom is 0.288 e. The molecule has 1 rings (SSSR count). The molecule has 0 atom stereocenters. The average Bonchev–Trinajstić information content (AvgIpc) is 2.15. The van der Waals surface area contributed by atoms with E-state index in [0.717, 1.165) is 19.1 Å². The molecule has 0 fully saturated rings. The lowest BCUT2D eigenvalue weighted by atomic mass is 10.0. The molecule has 86 valence electrons.